The van der Waals surface area contributed by atoms with E-state index in [0.717, 1.165) is 32.0 Å². The van der Waals surface area contributed by atoms with Crippen LogP contribution >= 0.6 is 12.4 Å². The van der Waals surface area contributed by atoms with E-state index in [1.54, 1.807) is 0 Å². The van der Waals surface area contributed by atoms with Crippen molar-refractivity contribution in [2.75, 3.05) is 40.4 Å². The molecule has 6 nitrogen and oxygen atoms in total. The number of sulfonamides is 1. The summed E-state index contributed by atoms with van der Waals surface area (Å²) in [6, 6.07) is 2.23. The SMILES string of the molecule is CCNCC1CCN(S(=O)(=O)c2cc(OC)c(OC)cc2F)CC1.Cl. The van der Waals surface area contributed by atoms with Gasteiger partial charge in [0.05, 0.1) is 14.2 Å². The van der Waals surface area contributed by atoms with Crippen molar-refractivity contribution < 1.29 is 22.3 Å². The average molecular weight is 397 g/mol. The minimum absolute atomic E-state index is 0. The molecule has 1 N–H and O–H groups in total. The lowest BCUT2D eigenvalue weighted by molar-refractivity contribution is 0.267. The molecule has 0 aliphatic carbocycles. The molecule has 1 fully saturated rings. The van der Waals surface area contributed by atoms with Crippen LogP contribution in [0.4, 0.5) is 4.39 Å². The Balaban J connectivity index is 0.00000312. The molecule has 1 aromatic rings. The molecule has 25 heavy (non-hydrogen) atoms. The van der Waals surface area contributed by atoms with Crippen molar-refractivity contribution in [2.45, 2.75) is 24.7 Å². The smallest absolute Gasteiger partial charge is 0.246 e. The Morgan fingerprint density at radius 2 is 1.76 bits per heavy atom. The predicted molar refractivity (Wildman–Crippen MR) is 96.8 cm³/mol. The van der Waals surface area contributed by atoms with Crippen LogP contribution in [0.15, 0.2) is 17.0 Å². The van der Waals surface area contributed by atoms with Crippen LogP contribution in [0.25, 0.3) is 0 Å². The summed E-state index contributed by atoms with van der Waals surface area (Å²) in [5.41, 5.74) is 0. The molecule has 1 aliphatic heterocycles. The molecule has 2 rings (SSSR count). The lowest BCUT2D eigenvalue weighted by Gasteiger charge is -2.31. The molecule has 0 spiro atoms. The number of benzene rings is 1. The molecule has 144 valence electrons. The van der Waals surface area contributed by atoms with E-state index in [0.29, 0.717) is 19.0 Å². The van der Waals surface area contributed by atoms with Crippen LogP contribution in [0.1, 0.15) is 19.8 Å². The van der Waals surface area contributed by atoms with Gasteiger partial charge in [0.1, 0.15) is 10.7 Å². The second kappa shape index (κ2) is 9.56. The topological polar surface area (TPSA) is 67.9 Å². The maximum Gasteiger partial charge on any atom is 0.246 e. The first kappa shape index (κ1) is 22.0. The first-order valence-corrected chi connectivity index (χ1v) is 9.50. The first-order valence-electron chi connectivity index (χ1n) is 8.06. The summed E-state index contributed by atoms with van der Waals surface area (Å²) in [7, 11) is -1.13. The first-order chi connectivity index (χ1) is 11.4. The van der Waals surface area contributed by atoms with Crippen LogP contribution in [0.3, 0.4) is 0 Å². The van der Waals surface area contributed by atoms with Gasteiger partial charge in [-0.1, -0.05) is 6.92 Å². The quantitative estimate of drug-likeness (QED) is 0.765. The zero-order valence-electron chi connectivity index (χ0n) is 14.7. The highest BCUT2D eigenvalue weighted by molar-refractivity contribution is 7.89. The van der Waals surface area contributed by atoms with E-state index >= 15 is 0 Å². The third kappa shape index (κ3) is 4.97. The Bertz CT molecular complexity index is 664. The molecular formula is C16H26ClFN2O4S. The van der Waals surface area contributed by atoms with E-state index in [1.165, 1.54) is 24.6 Å². The molecule has 9 heteroatoms. The van der Waals surface area contributed by atoms with Gasteiger partial charge in [0, 0.05) is 25.2 Å². The van der Waals surface area contributed by atoms with Crippen LogP contribution in [0.2, 0.25) is 0 Å². The molecule has 1 aromatic carbocycles. The summed E-state index contributed by atoms with van der Waals surface area (Å²) < 4.78 is 51.3. The van der Waals surface area contributed by atoms with Crippen molar-refractivity contribution in [3.63, 3.8) is 0 Å². The van der Waals surface area contributed by atoms with Crippen molar-refractivity contribution in [1.29, 1.82) is 0 Å². The van der Waals surface area contributed by atoms with Gasteiger partial charge in [-0.25, -0.2) is 12.8 Å². The number of methoxy groups -OCH3 is 2. The molecule has 0 aromatic heterocycles. The lowest BCUT2D eigenvalue weighted by Crippen LogP contribution is -2.41. The van der Waals surface area contributed by atoms with E-state index in [-0.39, 0.29) is 28.8 Å². The van der Waals surface area contributed by atoms with Crippen molar-refractivity contribution in [3.8, 4) is 11.5 Å². The van der Waals surface area contributed by atoms with Gasteiger partial charge in [0.15, 0.2) is 11.5 Å². The molecule has 0 saturated carbocycles. The van der Waals surface area contributed by atoms with E-state index in [1.807, 2.05) is 6.92 Å². The van der Waals surface area contributed by atoms with Crippen LogP contribution in [-0.4, -0.2) is 53.1 Å². The van der Waals surface area contributed by atoms with E-state index in [2.05, 4.69) is 5.32 Å². The highest BCUT2D eigenvalue weighted by atomic mass is 35.5. The Kier molecular flexibility index (Phi) is 8.40. The normalized spacial score (nSPS) is 16.3. The largest absolute Gasteiger partial charge is 0.493 e. The summed E-state index contributed by atoms with van der Waals surface area (Å²) in [5.74, 6) is -0.0214. The Morgan fingerprint density at radius 3 is 2.28 bits per heavy atom. The minimum Gasteiger partial charge on any atom is -0.493 e. The summed E-state index contributed by atoms with van der Waals surface area (Å²) in [4.78, 5) is -0.370. The number of nitrogens with one attached hydrogen (secondary N) is 1. The van der Waals surface area contributed by atoms with Crippen LogP contribution < -0.4 is 14.8 Å². The van der Waals surface area contributed by atoms with Crippen LogP contribution in [0.5, 0.6) is 11.5 Å². The molecule has 1 aliphatic rings. The predicted octanol–water partition coefficient (Wildman–Crippen LogP) is 2.27. The fourth-order valence-corrected chi connectivity index (χ4v) is 4.41. The molecule has 1 heterocycles. The van der Waals surface area contributed by atoms with Gasteiger partial charge in [0.2, 0.25) is 10.0 Å². The van der Waals surface area contributed by atoms with Gasteiger partial charge in [-0.3, -0.25) is 0 Å². The molecule has 0 bridgehead atoms. The number of ether oxygens (including phenoxy) is 2. The average Bonchev–Trinajstić information content (AvgIpc) is 2.59. The lowest BCUT2D eigenvalue weighted by atomic mass is 9.98. The monoisotopic (exact) mass is 396 g/mol. The van der Waals surface area contributed by atoms with Crippen molar-refractivity contribution in [2.24, 2.45) is 5.92 Å². The van der Waals surface area contributed by atoms with Gasteiger partial charge in [-0.15, -0.1) is 12.4 Å². The second-order valence-electron chi connectivity index (χ2n) is 5.79. The summed E-state index contributed by atoms with van der Waals surface area (Å²) in [6.45, 7) is 4.61. The number of hydrogen-bond donors (Lipinski definition) is 1. The van der Waals surface area contributed by atoms with E-state index < -0.39 is 15.8 Å². The maximum absolute atomic E-state index is 14.3. The van der Waals surface area contributed by atoms with Crippen LogP contribution in [0, 0.1) is 11.7 Å². The standard InChI is InChI=1S/C16H25FN2O4S.ClH/c1-4-18-11-12-5-7-19(8-6-12)24(20,21)16-10-15(23-3)14(22-2)9-13(16)17;/h9-10,12,18H,4-8,11H2,1-3H3;1H. The van der Waals surface area contributed by atoms with Gasteiger partial charge in [-0.2, -0.15) is 4.31 Å². The third-order valence-corrected chi connectivity index (χ3v) is 6.23. The molecular weight excluding hydrogens is 371 g/mol. The van der Waals surface area contributed by atoms with E-state index in [9.17, 15) is 12.8 Å². The number of hydrogen-bond acceptors (Lipinski definition) is 5. The third-order valence-electron chi connectivity index (χ3n) is 4.31. The Hall–Kier alpha value is -1.09. The van der Waals surface area contributed by atoms with Gasteiger partial charge < -0.3 is 14.8 Å². The minimum atomic E-state index is -3.89. The van der Waals surface area contributed by atoms with Gasteiger partial charge in [-0.05, 0) is 31.8 Å². The van der Waals surface area contributed by atoms with Crippen LogP contribution in [-0.2, 0) is 10.0 Å². The number of piperidine rings is 1. The number of halogens is 2. The Morgan fingerprint density at radius 1 is 1.20 bits per heavy atom. The molecule has 0 unspecified atom stereocenters. The number of nitrogens with zero attached hydrogens (tertiary/aromatic N) is 1. The maximum atomic E-state index is 14.3. The zero-order valence-corrected chi connectivity index (χ0v) is 16.4. The van der Waals surface area contributed by atoms with Gasteiger partial charge in [0.25, 0.3) is 0 Å². The zero-order chi connectivity index (χ0) is 17.7. The van der Waals surface area contributed by atoms with Crippen molar-refractivity contribution in [3.05, 3.63) is 17.9 Å². The van der Waals surface area contributed by atoms with Gasteiger partial charge >= 0.3 is 0 Å². The summed E-state index contributed by atoms with van der Waals surface area (Å²) in [5, 5.41) is 3.28. The second-order valence-corrected chi connectivity index (χ2v) is 7.70. The Labute approximate surface area is 155 Å². The molecule has 1 saturated heterocycles. The van der Waals surface area contributed by atoms with Crippen molar-refractivity contribution in [1.82, 2.24) is 9.62 Å². The van der Waals surface area contributed by atoms with E-state index in [4.69, 9.17) is 9.47 Å². The number of rotatable bonds is 7. The fourth-order valence-electron chi connectivity index (χ4n) is 2.87. The highest BCUT2D eigenvalue weighted by Gasteiger charge is 2.32. The molecule has 0 atom stereocenters. The highest BCUT2D eigenvalue weighted by Crippen LogP contribution is 2.34. The summed E-state index contributed by atoms with van der Waals surface area (Å²) in [6.07, 6.45) is 1.53. The van der Waals surface area contributed by atoms with Crippen molar-refractivity contribution >= 4 is 22.4 Å². The fraction of sp³-hybridized carbons (Fsp3) is 0.625. The molecule has 0 amide bonds. The summed E-state index contributed by atoms with van der Waals surface area (Å²) >= 11 is 0. The molecule has 0 radical (unpaired) electrons.